The van der Waals surface area contributed by atoms with Crippen LogP contribution in [0.3, 0.4) is 0 Å². The van der Waals surface area contributed by atoms with Crippen LogP contribution >= 0.6 is 11.3 Å². The third kappa shape index (κ3) is 4.50. The van der Waals surface area contributed by atoms with Crippen molar-refractivity contribution in [1.82, 2.24) is 20.2 Å². The molecule has 3 rings (SSSR count). The summed E-state index contributed by atoms with van der Waals surface area (Å²) in [5.41, 5.74) is 1.92. The zero-order valence-corrected chi connectivity index (χ0v) is 16.0. The predicted octanol–water partition coefficient (Wildman–Crippen LogP) is 2.67. The van der Waals surface area contributed by atoms with E-state index in [0.717, 1.165) is 49.1 Å². The van der Waals surface area contributed by atoms with Gasteiger partial charge in [-0.1, -0.05) is 13.0 Å². The van der Waals surface area contributed by atoms with Crippen molar-refractivity contribution >= 4 is 22.5 Å². The van der Waals surface area contributed by atoms with E-state index in [0.29, 0.717) is 6.54 Å². The number of morpholine rings is 1. The molecule has 8 heteroatoms. The molecule has 7 nitrogen and oxygen atoms in total. The summed E-state index contributed by atoms with van der Waals surface area (Å²) in [7, 11) is 1.82. The highest BCUT2D eigenvalue weighted by molar-refractivity contribution is 7.13. The van der Waals surface area contributed by atoms with Gasteiger partial charge in [-0.2, -0.15) is 0 Å². The van der Waals surface area contributed by atoms with Gasteiger partial charge in [0.15, 0.2) is 5.13 Å². The first-order chi connectivity index (χ1) is 12.7. The van der Waals surface area contributed by atoms with Gasteiger partial charge in [0.25, 0.3) is 0 Å². The zero-order valence-electron chi connectivity index (χ0n) is 15.2. The maximum absolute atomic E-state index is 12.5. The van der Waals surface area contributed by atoms with Crippen LogP contribution in [0.2, 0.25) is 0 Å². The Morgan fingerprint density at radius 3 is 2.96 bits per heavy atom. The third-order valence-corrected chi connectivity index (χ3v) is 5.44. The normalized spacial score (nSPS) is 15.5. The number of rotatable bonds is 6. The Morgan fingerprint density at radius 2 is 2.27 bits per heavy atom. The lowest BCUT2D eigenvalue weighted by Gasteiger charge is -2.27. The fourth-order valence-corrected chi connectivity index (χ4v) is 3.90. The van der Waals surface area contributed by atoms with Crippen molar-refractivity contribution in [2.45, 2.75) is 25.9 Å². The number of amides is 2. The Kier molecular flexibility index (Phi) is 6.40. The van der Waals surface area contributed by atoms with Crippen LogP contribution in [0.4, 0.5) is 9.93 Å². The van der Waals surface area contributed by atoms with Crippen LogP contribution in [0.5, 0.6) is 0 Å². The highest BCUT2D eigenvalue weighted by Gasteiger charge is 2.20. The number of nitrogens with zero attached hydrogens (tertiary/aromatic N) is 4. The molecule has 0 spiro atoms. The number of anilines is 1. The summed E-state index contributed by atoms with van der Waals surface area (Å²) in [6, 6.07) is 3.79. The first kappa shape index (κ1) is 18.6. The molecule has 3 heterocycles. The van der Waals surface area contributed by atoms with E-state index >= 15 is 0 Å². The molecule has 0 bridgehead atoms. The van der Waals surface area contributed by atoms with Crippen LogP contribution in [0.15, 0.2) is 29.9 Å². The molecule has 1 aliphatic rings. The fourth-order valence-electron chi connectivity index (χ4n) is 3.02. The Hall–Kier alpha value is -2.19. The van der Waals surface area contributed by atoms with Crippen molar-refractivity contribution in [3.8, 4) is 0 Å². The Labute approximate surface area is 158 Å². The average Bonchev–Trinajstić information content (AvgIpc) is 3.17. The monoisotopic (exact) mass is 375 g/mol. The van der Waals surface area contributed by atoms with Gasteiger partial charge in [0.1, 0.15) is 0 Å². The van der Waals surface area contributed by atoms with Gasteiger partial charge in [0, 0.05) is 37.9 Å². The van der Waals surface area contributed by atoms with E-state index in [4.69, 9.17) is 4.74 Å². The molecule has 1 fully saturated rings. The van der Waals surface area contributed by atoms with Gasteiger partial charge in [-0.15, -0.1) is 11.3 Å². The predicted molar refractivity (Wildman–Crippen MR) is 102 cm³/mol. The lowest BCUT2D eigenvalue weighted by molar-refractivity contribution is 0.122. The smallest absolute Gasteiger partial charge is 0.317 e. The number of thiazole rings is 1. The SMILES string of the molecule is CC[C@@H](c1cccnc1)N(C)C(=O)NCc1csc(N2CCOCC2)n1. The molecule has 2 aromatic rings. The van der Waals surface area contributed by atoms with Crippen LogP contribution in [-0.4, -0.2) is 54.2 Å². The van der Waals surface area contributed by atoms with Gasteiger partial charge >= 0.3 is 6.03 Å². The summed E-state index contributed by atoms with van der Waals surface area (Å²) in [6.45, 7) is 5.70. The lowest BCUT2D eigenvalue weighted by atomic mass is 10.1. The molecule has 1 saturated heterocycles. The number of hydrogen-bond acceptors (Lipinski definition) is 6. The van der Waals surface area contributed by atoms with Crippen LogP contribution in [0.25, 0.3) is 0 Å². The first-order valence-corrected chi connectivity index (χ1v) is 9.74. The van der Waals surface area contributed by atoms with E-state index < -0.39 is 0 Å². The van der Waals surface area contributed by atoms with Crippen molar-refractivity contribution in [1.29, 1.82) is 0 Å². The van der Waals surface area contributed by atoms with E-state index in [1.807, 2.05) is 30.8 Å². The van der Waals surface area contributed by atoms with Crippen molar-refractivity contribution in [3.05, 3.63) is 41.2 Å². The summed E-state index contributed by atoms with van der Waals surface area (Å²) in [5.74, 6) is 0. The van der Waals surface area contributed by atoms with Gasteiger partial charge in [0.2, 0.25) is 0 Å². The maximum atomic E-state index is 12.5. The molecule has 0 radical (unpaired) electrons. The number of carbonyl (C=O) groups is 1. The number of pyridine rings is 1. The fraction of sp³-hybridized carbons (Fsp3) is 0.500. The Bertz CT molecular complexity index is 703. The molecule has 0 aliphatic carbocycles. The molecule has 2 amide bonds. The van der Waals surface area contributed by atoms with Crippen molar-refractivity contribution in [3.63, 3.8) is 0 Å². The third-order valence-electron chi connectivity index (χ3n) is 4.49. The zero-order chi connectivity index (χ0) is 18.4. The molecule has 0 aromatic carbocycles. The Balaban J connectivity index is 1.55. The number of carbonyl (C=O) groups excluding carboxylic acids is 1. The van der Waals surface area contributed by atoms with Gasteiger partial charge < -0.3 is 19.9 Å². The number of nitrogens with one attached hydrogen (secondary N) is 1. The summed E-state index contributed by atoms with van der Waals surface area (Å²) in [5, 5.41) is 5.96. The van der Waals surface area contributed by atoms with Gasteiger partial charge in [-0.25, -0.2) is 9.78 Å². The second kappa shape index (κ2) is 8.95. The molecule has 1 N–H and O–H groups in total. The minimum absolute atomic E-state index is 0.00282. The van der Waals surface area contributed by atoms with Crippen molar-refractivity contribution < 1.29 is 9.53 Å². The van der Waals surface area contributed by atoms with E-state index in [1.165, 1.54) is 0 Å². The largest absolute Gasteiger partial charge is 0.378 e. The molecule has 0 unspecified atom stereocenters. The number of urea groups is 1. The highest BCUT2D eigenvalue weighted by atomic mass is 32.1. The van der Waals surface area contributed by atoms with E-state index in [1.54, 1.807) is 22.4 Å². The van der Waals surface area contributed by atoms with Gasteiger partial charge in [-0.3, -0.25) is 4.98 Å². The standard InChI is InChI=1S/C18H25N5O2S/c1-3-16(14-5-4-6-19-11-14)22(2)17(24)20-12-15-13-26-18(21-15)23-7-9-25-10-8-23/h4-6,11,13,16H,3,7-10,12H2,1-2H3,(H,20,24)/t16-/m0/s1. The number of hydrogen-bond donors (Lipinski definition) is 1. The number of aromatic nitrogens is 2. The molecule has 140 valence electrons. The van der Waals surface area contributed by atoms with Crippen LogP contribution in [0.1, 0.15) is 30.6 Å². The first-order valence-electron chi connectivity index (χ1n) is 8.86. The van der Waals surface area contributed by atoms with Crippen LogP contribution in [0, 0.1) is 0 Å². The van der Waals surface area contributed by atoms with Crippen molar-refractivity contribution in [2.75, 3.05) is 38.3 Å². The molecule has 2 aromatic heterocycles. The lowest BCUT2D eigenvalue weighted by Crippen LogP contribution is -2.39. The summed E-state index contributed by atoms with van der Waals surface area (Å²) in [4.78, 5) is 25.3. The summed E-state index contributed by atoms with van der Waals surface area (Å²) in [6.07, 6.45) is 4.38. The number of ether oxygens (including phenoxy) is 1. The topological polar surface area (TPSA) is 70.6 Å². The minimum Gasteiger partial charge on any atom is -0.378 e. The second-order valence-electron chi connectivity index (χ2n) is 6.20. The highest BCUT2D eigenvalue weighted by Crippen LogP contribution is 2.23. The summed E-state index contributed by atoms with van der Waals surface area (Å²) >= 11 is 1.61. The maximum Gasteiger partial charge on any atom is 0.317 e. The molecular weight excluding hydrogens is 350 g/mol. The Morgan fingerprint density at radius 1 is 1.46 bits per heavy atom. The molecule has 1 aliphatic heterocycles. The van der Waals surface area contributed by atoms with E-state index in [2.05, 4.69) is 27.1 Å². The van der Waals surface area contributed by atoms with Crippen molar-refractivity contribution in [2.24, 2.45) is 0 Å². The molecule has 1 atom stereocenters. The molecular formula is C18H25N5O2S. The minimum atomic E-state index is -0.110. The van der Waals surface area contributed by atoms with E-state index in [9.17, 15) is 4.79 Å². The quantitative estimate of drug-likeness (QED) is 0.841. The average molecular weight is 375 g/mol. The molecule has 0 saturated carbocycles. The molecule has 26 heavy (non-hydrogen) atoms. The van der Waals surface area contributed by atoms with Crippen LogP contribution < -0.4 is 10.2 Å². The second-order valence-corrected chi connectivity index (χ2v) is 7.04. The van der Waals surface area contributed by atoms with Gasteiger partial charge in [0.05, 0.1) is 31.5 Å². The van der Waals surface area contributed by atoms with Gasteiger partial charge in [-0.05, 0) is 18.1 Å². The summed E-state index contributed by atoms with van der Waals surface area (Å²) < 4.78 is 5.37. The van der Waals surface area contributed by atoms with E-state index in [-0.39, 0.29) is 12.1 Å². The van der Waals surface area contributed by atoms with Crippen LogP contribution in [-0.2, 0) is 11.3 Å².